The van der Waals surface area contributed by atoms with Crippen LogP contribution in [0.4, 0.5) is 13.2 Å². The molecule has 0 fully saturated rings. The van der Waals surface area contributed by atoms with Crippen LogP contribution in [0.3, 0.4) is 0 Å². The molecule has 0 aliphatic carbocycles. The van der Waals surface area contributed by atoms with Gasteiger partial charge in [-0.15, -0.1) is 0 Å². The zero-order valence-corrected chi connectivity index (χ0v) is 14.7. The SMILES string of the molecule is CCCc1ccc(OC(=O)c2ccc3oc(C(=O)O)cc3c2)cc1C(F)(F)F. The van der Waals surface area contributed by atoms with Crippen molar-refractivity contribution in [2.24, 2.45) is 0 Å². The molecule has 0 saturated carbocycles. The Morgan fingerprint density at radius 1 is 1.11 bits per heavy atom. The van der Waals surface area contributed by atoms with Gasteiger partial charge in [-0.05, 0) is 48.4 Å². The summed E-state index contributed by atoms with van der Waals surface area (Å²) in [4.78, 5) is 23.3. The highest BCUT2D eigenvalue weighted by molar-refractivity contribution is 5.97. The zero-order valence-electron chi connectivity index (χ0n) is 14.7. The van der Waals surface area contributed by atoms with E-state index in [2.05, 4.69) is 0 Å². The van der Waals surface area contributed by atoms with E-state index in [1.165, 1.54) is 36.4 Å². The second-order valence-corrected chi connectivity index (χ2v) is 6.12. The number of hydrogen-bond acceptors (Lipinski definition) is 4. The van der Waals surface area contributed by atoms with Gasteiger partial charge < -0.3 is 14.3 Å². The van der Waals surface area contributed by atoms with Gasteiger partial charge in [0.05, 0.1) is 11.1 Å². The van der Waals surface area contributed by atoms with Crippen LogP contribution in [0.15, 0.2) is 46.9 Å². The maximum absolute atomic E-state index is 13.3. The number of benzene rings is 2. The van der Waals surface area contributed by atoms with Crippen molar-refractivity contribution >= 4 is 22.9 Å². The van der Waals surface area contributed by atoms with Crippen molar-refractivity contribution < 1.29 is 37.0 Å². The molecule has 1 N–H and O–H groups in total. The quantitative estimate of drug-likeness (QED) is 0.470. The molecule has 0 radical (unpaired) electrons. The summed E-state index contributed by atoms with van der Waals surface area (Å²) in [5.74, 6) is -2.64. The summed E-state index contributed by atoms with van der Waals surface area (Å²) in [6, 6.07) is 8.76. The van der Waals surface area contributed by atoms with Crippen molar-refractivity contribution in [3.63, 3.8) is 0 Å². The highest BCUT2D eigenvalue weighted by Gasteiger charge is 2.33. The van der Waals surface area contributed by atoms with E-state index in [4.69, 9.17) is 14.3 Å². The van der Waals surface area contributed by atoms with Crippen molar-refractivity contribution in [1.82, 2.24) is 0 Å². The van der Waals surface area contributed by atoms with E-state index in [-0.39, 0.29) is 34.6 Å². The van der Waals surface area contributed by atoms with Crippen LogP contribution in [-0.4, -0.2) is 17.0 Å². The maximum Gasteiger partial charge on any atom is 0.416 e. The fraction of sp³-hybridized carbons (Fsp3) is 0.200. The van der Waals surface area contributed by atoms with E-state index in [0.717, 1.165) is 6.07 Å². The Hall–Kier alpha value is -3.29. The third kappa shape index (κ3) is 4.00. The molecule has 0 aliphatic rings. The molecule has 5 nitrogen and oxygen atoms in total. The molecule has 0 atom stereocenters. The highest BCUT2D eigenvalue weighted by Crippen LogP contribution is 2.35. The number of carbonyl (C=O) groups is 2. The van der Waals surface area contributed by atoms with Crippen LogP contribution in [0.1, 0.15) is 45.4 Å². The number of esters is 1. The number of carboxylic acid groups (broad SMARTS) is 1. The minimum Gasteiger partial charge on any atom is -0.475 e. The van der Waals surface area contributed by atoms with Gasteiger partial charge in [0, 0.05) is 5.39 Å². The smallest absolute Gasteiger partial charge is 0.416 e. The maximum atomic E-state index is 13.3. The third-order valence-corrected chi connectivity index (χ3v) is 4.08. The third-order valence-electron chi connectivity index (χ3n) is 4.08. The lowest BCUT2D eigenvalue weighted by atomic mass is 10.0. The van der Waals surface area contributed by atoms with Crippen molar-refractivity contribution in [3.05, 3.63) is 64.9 Å². The number of carbonyl (C=O) groups excluding carboxylic acids is 1. The minimum absolute atomic E-state index is 0.0523. The summed E-state index contributed by atoms with van der Waals surface area (Å²) in [6.07, 6.45) is -3.76. The first-order valence-corrected chi connectivity index (χ1v) is 8.38. The predicted octanol–water partition coefficient (Wildman–Crippen LogP) is 5.32. The topological polar surface area (TPSA) is 76.7 Å². The number of halogens is 3. The van der Waals surface area contributed by atoms with E-state index in [9.17, 15) is 22.8 Å². The van der Waals surface area contributed by atoms with E-state index in [0.29, 0.717) is 11.8 Å². The molecule has 0 unspecified atom stereocenters. The van der Waals surface area contributed by atoms with E-state index in [1.54, 1.807) is 6.92 Å². The number of carboxylic acids is 1. The first kappa shape index (κ1) is 19.5. The molecule has 0 saturated heterocycles. The molecule has 2 aromatic carbocycles. The fourth-order valence-electron chi connectivity index (χ4n) is 2.81. The number of hydrogen-bond donors (Lipinski definition) is 1. The Labute approximate surface area is 157 Å². The van der Waals surface area contributed by atoms with Gasteiger partial charge in [-0.1, -0.05) is 19.4 Å². The first-order valence-electron chi connectivity index (χ1n) is 8.38. The highest BCUT2D eigenvalue weighted by atomic mass is 19.4. The van der Waals surface area contributed by atoms with Gasteiger partial charge in [-0.3, -0.25) is 0 Å². The van der Waals surface area contributed by atoms with Crippen LogP contribution >= 0.6 is 0 Å². The van der Waals surface area contributed by atoms with Gasteiger partial charge in [0.25, 0.3) is 0 Å². The fourth-order valence-corrected chi connectivity index (χ4v) is 2.81. The molecular formula is C20H15F3O5. The lowest BCUT2D eigenvalue weighted by molar-refractivity contribution is -0.138. The Bertz CT molecular complexity index is 1050. The summed E-state index contributed by atoms with van der Waals surface area (Å²) >= 11 is 0. The molecule has 1 aromatic heterocycles. The zero-order chi connectivity index (χ0) is 20.5. The number of furan rings is 1. The van der Waals surface area contributed by atoms with Crippen LogP contribution in [0.2, 0.25) is 0 Å². The average Bonchev–Trinajstić information content (AvgIpc) is 3.06. The second-order valence-electron chi connectivity index (χ2n) is 6.12. The molecule has 0 aliphatic heterocycles. The number of alkyl halides is 3. The van der Waals surface area contributed by atoms with Gasteiger partial charge >= 0.3 is 18.1 Å². The van der Waals surface area contributed by atoms with Crippen molar-refractivity contribution in [2.45, 2.75) is 25.9 Å². The summed E-state index contributed by atoms with van der Waals surface area (Å²) in [5, 5.41) is 9.30. The standard InChI is InChI=1S/C20H15F3O5/c1-2-3-11-4-6-14(10-15(11)20(21,22)23)27-19(26)12-5-7-16-13(8-12)9-17(28-16)18(24)25/h4-10H,2-3H2,1H3,(H,24,25). The molecule has 146 valence electrons. The molecule has 1 heterocycles. The molecule has 0 amide bonds. The van der Waals surface area contributed by atoms with Crippen LogP contribution in [0, 0.1) is 0 Å². The molecule has 8 heteroatoms. The number of fused-ring (bicyclic) bond motifs is 1. The van der Waals surface area contributed by atoms with Crippen molar-refractivity contribution in [3.8, 4) is 5.75 Å². The second kappa shape index (κ2) is 7.38. The summed E-state index contributed by atoms with van der Waals surface area (Å²) in [7, 11) is 0. The molecule has 0 bridgehead atoms. The molecule has 28 heavy (non-hydrogen) atoms. The van der Waals surface area contributed by atoms with Crippen LogP contribution in [0.25, 0.3) is 11.0 Å². The Kier molecular flexibility index (Phi) is 5.13. The van der Waals surface area contributed by atoms with Gasteiger partial charge in [-0.25, -0.2) is 9.59 Å². The lowest BCUT2D eigenvalue weighted by Crippen LogP contribution is -2.12. The number of aryl methyl sites for hydroxylation is 1. The van der Waals surface area contributed by atoms with Gasteiger partial charge in [0.2, 0.25) is 5.76 Å². The number of aromatic carboxylic acids is 1. The lowest BCUT2D eigenvalue weighted by Gasteiger charge is -2.14. The van der Waals surface area contributed by atoms with E-state index >= 15 is 0 Å². The Morgan fingerprint density at radius 3 is 2.50 bits per heavy atom. The van der Waals surface area contributed by atoms with Gasteiger partial charge in [0.1, 0.15) is 11.3 Å². The summed E-state index contributed by atoms with van der Waals surface area (Å²) in [6.45, 7) is 1.77. The molecule has 3 aromatic rings. The van der Waals surface area contributed by atoms with Crippen LogP contribution in [-0.2, 0) is 12.6 Å². The monoisotopic (exact) mass is 392 g/mol. The summed E-state index contributed by atoms with van der Waals surface area (Å²) in [5.41, 5.74) is -0.388. The average molecular weight is 392 g/mol. The molecule has 3 rings (SSSR count). The number of ether oxygens (including phenoxy) is 1. The van der Waals surface area contributed by atoms with Crippen LogP contribution < -0.4 is 4.74 Å². The van der Waals surface area contributed by atoms with E-state index < -0.39 is 23.7 Å². The number of rotatable bonds is 5. The summed E-state index contributed by atoms with van der Waals surface area (Å²) < 4.78 is 49.9. The Morgan fingerprint density at radius 2 is 1.86 bits per heavy atom. The minimum atomic E-state index is -4.56. The molecular weight excluding hydrogens is 377 g/mol. The predicted molar refractivity (Wildman–Crippen MR) is 93.6 cm³/mol. The normalized spacial score (nSPS) is 11.6. The van der Waals surface area contributed by atoms with Gasteiger partial charge in [-0.2, -0.15) is 13.2 Å². The van der Waals surface area contributed by atoms with E-state index in [1.807, 2.05) is 0 Å². The van der Waals surface area contributed by atoms with Crippen molar-refractivity contribution in [2.75, 3.05) is 0 Å². The van der Waals surface area contributed by atoms with Gasteiger partial charge in [0.15, 0.2) is 0 Å². The first-order chi connectivity index (χ1) is 13.2. The largest absolute Gasteiger partial charge is 0.475 e. The Balaban J connectivity index is 1.88. The van der Waals surface area contributed by atoms with Crippen LogP contribution in [0.5, 0.6) is 5.75 Å². The van der Waals surface area contributed by atoms with Crippen molar-refractivity contribution in [1.29, 1.82) is 0 Å². The molecule has 0 spiro atoms.